The van der Waals surface area contributed by atoms with Crippen molar-refractivity contribution < 1.29 is 16.8 Å². The highest BCUT2D eigenvalue weighted by Crippen LogP contribution is 1.92. The van der Waals surface area contributed by atoms with Crippen molar-refractivity contribution in [1.82, 2.24) is 5.32 Å². The number of hydrogen-bond donors (Lipinski definition) is 1. The maximum Gasteiger partial charge on any atom is 0.150 e. The lowest BCUT2D eigenvalue weighted by Gasteiger charge is -2.04. The normalized spacial score (nSPS) is 12.9. The molecular formula is C9H21NO4S2. The monoisotopic (exact) mass is 271 g/mol. The molecule has 0 aromatic rings. The molecule has 0 aromatic carbocycles. The van der Waals surface area contributed by atoms with E-state index >= 15 is 0 Å². The van der Waals surface area contributed by atoms with E-state index in [1.54, 1.807) is 6.92 Å². The number of rotatable bonds is 9. The first-order valence-electron chi connectivity index (χ1n) is 5.36. The van der Waals surface area contributed by atoms with E-state index < -0.39 is 19.7 Å². The van der Waals surface area contributed by atoms with Crippen molar-refractivity contribution in [2.45, 2.75) is 19.8 Å². The Morgan fingerprint density at radius 1 is 0.938 bits per heavy atom. The lowest BCUT2D eigenvalue weighted by Crippen LogP contribution is -2.21. The van der Waals surface area contributed by atoms with Gasteiger partial charge in [0.1, 0.15) is 19.7 Å². The summed E-state index contributed by atoms with van der Waals surface area (Å²) in [6, 6.07) is 0. The van der Waals surface area contributed by atoms with Crippen LogP contribution in [0.3, 0.4) is 0 Å². The summed E-state index contributed by atoms with van der Waals surface area (Å²) in [5.41, 5.74) is 0. The minimum Gasteiger partial charge on any atom is -0.317 e. The highest BCUT2D eigenvalue weighted by Gasteiger charge is 2.06. The van der Waals surface area contributed by atoms with E-state index in [0.717, 1.165) is 0 Å². The van der Waals surface area contributed by atoms with Gasteiger partial charge in [0.25, 0.3) is 0 Å². The Labute approximate surface area is 98.5 Å². The Morgan fingerprint density at radius 2 is 1.44 bits per heavy atom. The van der Waals surface area contributed by atoms with Crippen molar-refractivity contribution in [2.24, 2.45) is 0 Å². The number of hydrogen-bond acceptors (Lipinski definition) is 5. The molecule has 0 aliphatic rings. The molecule has 98 valence electrons. The summed E-state index contributed by atoms with van der Waals surface area (Å²) >= 11 is 0. The summed E-state index contributed by atoms with van der Waals surface area (Å²) in [4.78, 5) is 0. The maximum atomic E-state index is 11.1. The highest BCUT2D eigenvalue weighted by molar-refractivity contribution is 7.91. The second kappa shape index (κ2) is 7.24. The summed E-state index contributed by atoms with van der Waals surface area (Å²) in [5, 5.41) is 3.03. The van der Waals surface area contributed by atoms with Gasteiger partial charge in [-0.1, -0.05) is 6.92 Å². The van der Waals surface area contributed by atoms with Gasteiger partial charge in [0, 0.05) is 12.0 Å². The van der Waals surface area contributed by atoms with E-state index in [1.165, 1.54) is 6.26 Å². The molecule has 0 spiro atoms. The van der Waals surface area contributed by atoms with Crippen LogP contribution in [0.4, 0.5) is 0 Å². The SMILES string of the molecule is CCS(=O)(=O)CCCNCCCS(C)(=O)=O. The summed E-state index contributed by atoms with van der Waals surface area (Å²) < 4.78 is 43.8. The van der Waals surface area contributed by atoms with Crippen LogP contribution in [-0.2, 0) is 19.7 Å². The van der Waals surface area contributed by atoms with Crippen LogP contribution in [0.15, 0.2) is 0 Å². The molecule has 0 heterocycles. The molecule has 0 aromatic heterocycles. The third-order valence-corrected chi connectivity index (χ3v) is 4.94. The van der Waals surface area contributed by atoms with Crippen LogP contribution in [0.1, 0.15) is 19.8 Å². The topological polar surface area (TPSA) is 80.3 Å². The lowest BCUT2D eigenvalue weighted by molar-refractivity contribution is 0.587. The van der Waals surface area contributed by atoms with Gasteiger partial charge in [-0.25, -0.2) is 16.8 Å². The van der Waals surface area contributed by atoms with Crippen LogP contribution in [0.25, 0.3) is 0 Å². The fourth-order valence-electron chi connectivity index (χ4n) is 1.15. The second-order valence-corrected chi connectivity index (χ2v) is 8.56. The average molecular weight is 271 g/mol. The first-order chi connectivity index (χ1) is 7.27. The van der Waals surface area contributed by atoms with Gasteiger partial charge < -0.3 is 5.32 Å². The predicted molar refractivity (Wildman–Crippen MR) is 66.1 cm³/mol. The second-order valence-electron chi connectivity index (χ2n) is 3.82. The molecule has 0 unspecified atom stereocenters. The van der Waals surface area contributed by atoms with Crippen LogP contribution in [0, 0.1) is 0 Å². The smallest absolute Gasteiger partial charge is 0.150 e. The molecule has 0 saturated heterocycles. The van der Waals surface area contributed by atoms with Crippen LogP contribution in [0.5, 0.6) is 0 Å². The molecule has 1 N–H and O–H groups in total. The molecule has 0 bridgehead atoms. The fourth-order valence-corrected chi connectivity index (χ4v) is 2.69. The molecule has 0 amide bonds. The zero-order valence-corrected chi connectivity index (χ0v) is 11.5. The largest absolute Gasteiger partial charge is 0.317 e. The van der Waals surface area contributed by atoms with E-state index in [0.29, 0.717) is 25.9 Å². The summed E-state index contributed by atoms with van der Waals surface area (Å²) in [6.45, 7) is 2.86. The van der Waals surface area contributed by atoms with Crippen molar-refractivity contribution in [1.29, 1.82) is 0 Å². The van der Waals surface area contributed by atoms with Gasteiger partial charge in [0.15, 0.2) is 0 Å². The van der Waals surface area contributed by atoms with Crippen molar-refractivity contribution in [3.05, 3.63) is 0 Å². The van der Waals surface area contributed by atoms with Crippen LogP contribution in [0.2, 0.25) is 0 Å². The number of sulfone groups is 2. The Bertz CT molecular complexity index is 372. The van der Waals surface area contributed by atoms with Gasteiger partial charge in [-0.3, -0.25) is 0 Å². The standard InChI is InChI=1S/C9H21NO4S2/c1-3-16(13,14)9-5-7-10-6-4-8-15(2,11)12/h10H,3-9H2,1-2H3. The van der Waals surface area contributed by atoms with Crippen molar-refractivity contribution >= 4 is 19.7 Å². The molecule has 5 nitrogen and oxygen atoms in total. The Hall–Kier alpha value is -0.140. The molecule has 0 atom stereocenters. The molecular weight excluding hydrogens is 250 g/mol. The third-order valence-electron chi connectivity index (χ3n) is 2.12. The van der Waals surface area contributed by atoms with E-state index in [1.807, 2.05) is 0 Å². The van der Waals surface area contributed by atoms with E-state index in [9.17, 15) is 16.8 Å². The third kappa shape index (κ3) is 10.4. The minimum atomic E-state index is -2.88. The van der Waals surface area contributed by atoms with E-state index in [-0.39, 0.29) is 17.3 Å². The highest BCUT2D eigenvalue weighted by atomic mass is 32.2. The van der Waals surface area contributed by atoms with Gasteiger partial charge in [-0.05, 0) is 25.9 Å². The quantitative estimate of drug-likeness (QED) is 0.589. The minimum absolute atomic E-state index is 0.174. The summed E-state index contributed by atoms with van der Waals surface area (Å²) in [5.74, 6) is 0.552. The molecule has 0 saturated carbocycles. The van der Waals surface area contributed by atoms with Crippen molar-refractivity contribution in [3.8, 4) is 0 Å². The Balaban J connectivity index is 3.42. The average Bonchev–Trinajstić information content (AvgIpc) is 2.14. The van der Waals surface area contributed by atoms with Gasteiger partial charge in [0.2, 0.25) is 0 Å². The Morgan fingerprint density at radius 3 is 1.88 bits per heavy atom. The Kier molecular flexibility index (Phi) is 7.17. The molecule has 0 rings (SSSR count). The first-order valence-corrected chi connectivity index (χ1v) is 9.24. The fraction of sp³-hybridized carbons (Fsp3) is 1.00. The van der Waals surface area contributed by atoms with E-state index in [4.69, 9.17) is 0 Å². The lowest BCUT2D eigenvalue weighted by atomic mass is 10.4. The summed E-state index contributed by atoms with van der Waals surface area (Å²) in [6.07, 6.45) is 2.36. The molecule has 0 radical (unpaired) electrons. The van der Waals surface area contributed by atoms with Gasteiger partial charge >= 0.3 is 0 Å². The zero-order valence-electron chi connectivity index (χ0n) is 9.90. The molecule has 7 heteroatoms. The van der Waals surface area contributed by atoms with Crippen molar-refractivity contribution in [2.75, 3.05) is 36.6 Å². The molecule has 16 heavy (non-hydrogen) atoms. The van der Waals surface area contributed by atoms with Crippen molar-refractivity contribution in [3.63, 3.8) is 0 Å². The maximum absolute atomic E-state index is 11.1. The number of nitrogens with one attached hydrogen (secondary N) is 1. The predicted octanol–water partition coefficient (Wildman–Crippen LogP) is -0.164. The van der Waals surface area contributed by atoms with Crippen LogP contribution in [-0.4, -0.2) is 53.4 Å². The van der Waals surface area contributed by atoms with Gasteiger partial charge in [-0.15, -0.1) is 0 Å². The molecule has 0 aliphatic carbocycles. The summed E-state index contributed by atoms with van der Waals surface area (Å²) in [7, 11) is -5.75. The molecule has 0 aliphatic heterocycles. The zero-order chi connectivity index (χ0) is 12.7. The van der Waals surface area contributed by atoms with Gasteiger partial charge in [0.05, 0.1) is 11.5 Å². The van der Waals surface area contributed by atoms with Crippen LogP contribution < -0.4 is 5.32 Å². The first kappa shape index (κ1) is 15.9. The van der Waals surface area contributed by atoms with Gasteiger partial charge in [-0.2, -0.15) is 0 Å². The molecule has 0 fully saturated rings. The van der Waals surface area contributed by atoms with Crippen LogP contribution >= 0.6 is 0 Å². The van der Waals surface area contributed by atoms with E-state index in [2.05, 4.69) is 5.32 Å².